The Hall–Kier alpha value is -3.62. The van der Waals surface area contributed by atoms with Gasteiger partial charge in [0.25, 0.3) is 11.5 Å². The average molecular weight is 412 g/mol. The number of aryl methyl sites for hydroxylation is 1. The van der Waals surface area contributed by atoms with Gasteiger partial charge in [-0.25, -0.2) is 9.07 Å². The highest BCUT2D eigenvalue weighted by molar-refractivity contribution is 5.83. The number of benzene rings is 2. The standard InChI is InChI=1S/C21H21FN4O4/c1-14(20(28)23-12-10-15-6-8-16(22)9-7-15)30-19(27)11-13-26-21(29)17-4-2-3-5-18(17)24-25-26/h2-9,14H,10-13H2,1H3,(H,23,28). The Kier molecular flexibility index (Phi) is 6.84. The van der Waals surface area contributed by atoms with Gasteiger partial charge in [0.2, 0.25) is 0 Å². The smallest absolute Gasteiger partial charge is 0.308 e. The van der Waals surface area contributed by atoms with Gasteiger partial charge < -0.3 is 10.1 Å². The Morgan fingerprint density at radius 1 is 1.17 bits per heavy atom. The molecule has 1 heterocycles. The van der Waals surface area contributed by atoms with E-state index in [0.717, 1.165) is 10.2 Å². The molecule has 8 nitrogen and oxygen atoms in total. The molecule has 0 fully saturated rings. The molecule has 1 aromatic heterocycles. The average Bonchev–Trinajstić information content (AvgIpc) is 2.74. The minimum Gasteiger partial charge on any atom is -0.452 e. The van der Waals surface area contributed by atoms with Crippen LogP contribution in [0.15, 0.2) is 53.3 Å². The second-order valence-electron chi connectivity index (χ2n) is 6.68. The molecule has 0 aliphatic heterocycles. The summed E-state index contributed by atoms with van der Waals surface area (Å²) < 4.78 is 19.1. The molecule has 1 unspecified atom stereocenters. The lowest BCUT2D eigenvalue weighted by molar-refractivity contribution is -0.155. The van der Waals surface area contributed by atoms with Crippen molar-refractivity contribution < 1.29 is 18.7 Å². The second-order valence-corrected chi connectivity index (χ2v) is 6.68. The van der Waals surface area contributed by atoms with E-state index in [-0.39, 0.29) is 24.3 Å². The Morgan fingerprint density at radius 3 is 2.67 bits per heavy atom. The first-order valence-corrected chi connectivity index (χ1v) is 9.48. The molecule has 3 aromatic rings. The number of fused-ring (bicyclic) bond motifs is 1. The highest BCUT2D eigenvalue weighted by Gasteiger charge is 2.18. The first kappa shape index (κ1) is 21.1. The summed E-state index contributed by atoms with van der Waals surface area (Å²) in [4.78, 5) is 36.5. The van der Waals surface area contributed by atoms with Gasteiger partial charge in [-0.3, -0.25) is 14.4 Å². The molecule has 0 bridgehead atoms. The molecule has 1 amide bonds. The van der Waals surface area contributed by atoms with Crippen molar-refractivity contribution in [2.75, 3.05) is 6.54 Å². The summed E-state index contributed by atoms with van der Waals surface area (Å²) in [7, 11) is 0. The Morgan fingerprint density at radius 2 is 1.90 bits per heavy atom. The highest BCUT2D eigenvalue weighted by Crippen LogP contribution is 2.05. The van der Waals surface area contributed by atoms with Gasteiger partial charge >= 0.3 is 5.97 Å². The summed E-state index contributed by atoms with van der Waals surface area (Å²) in [6.07, 6.45) is -0.582. The van der Waals surface area contributed by atoms with Gasteiger partial charge in [-0.15, -0.1) is 5.10 Å². The molecule has 0 saturated carbocycles. The van der Waals surface area contributed by atoms with Gasteiger partial charge in [0.15, 0.2) is 6.10 Å². The van der Waals surface area contributed by atoms with Crippen LogP contribution >= 0.6 is 0 Å². The third-order valence-corrected chi connectivity index (χ3v) is 4.46. The normalized spacial score (nSPS) is 11.8. The van der Waals surface area contributed by atoms with Crippen LogP contribution < -0.4 is 10.9 Å². The fourth-order valence-corrected chi connectivity index (χ4v) is 2.80. The number of amides is 1. The van der Waals surface area contributed by atoms with E-state index in [1.165, 1.54) is 19.1 Å². The third kappa shape index (κ3) is 5.47. The maximum absolute atomic E-state index is 12.9. The topological polar surface area (TPSA) is 103 Å². The van der Waals surface area contributed by atoms with Crippen LogP contribution in [0.1, 0.15) is 18.9 Å². The molecule has 0 saturated heterocycles. The SMILES string of the molecule is CC(OC(=O)CCn1nnc2ccccc2c1=O)C(=O)NCCc1ccc(F)cc1. The van der Waals surface area contributed by atoms with Gasteiger partial charge in [-0.05, 0) is 43.2 Å². The van der Waals surface area contributed by atoms with Gasteiger partial charge in [0, 0.05) is 6.54 Å². The van der Waals surface area contributed by atoms with E-state index in [1.807, 2.05) is 0 Å². The van der Waals surface area contributed by atoms with Crippen LogP contribution in [0.4, 0.5) is 4.39 Å². The maximum atomic E-state index is 12.9. The van der Waals surface area contributed by atoms with Crippen LogP contribution in [0.3, 0.4) is 0 Å². The number of hydrogen-bond donors (Lipinski definition) is 1. The number of rotatable bonds is 8. The fourth-order valence-electron chi connectivity index (χ4n) is 2.80. The largest absolute Gasteiger partial charge is 0.452 e. The third-order valence-electron chi connectivity index (χ3n) is 4.46. The van der Waals surface area contributed by atoms with Crippen molar-refractivity contribution in [1.82, 2.24) is 20.3 Å². The lowest BCUT2D eigenvalue weighted by Crippen LogP contribution is -2.37. The maximum Gasteiger partial charge on any atom is 0.308 e. The number of esters is 1. The van der Waals surface area contributed by atoms with E-state index < -0.39 is 18.0 Å². The molecule has 3 rings (SSSR count). The lowest BCUT2D eigenvalue weighted by atomic mass is 10.1. The zero-order valence-electron chi connectivity index (χ0n) is 16.4. The van der Waals surface area contributed by atoms with Crippen molar-refractivity contribution in [3.63, 3.8) is 0 Å². The van der Waals surface area contributed by atoms with E-state index in [1.54, 1.807) is 36.4 Å². The Balaban J connectivity index is 1.45. The summed E-state index contributed by atoms with van der Waals surface area (Å²) in [5.41, 5.74) is 1.01. The molecule has 1 N–H and O–H groups in total. The molecule has 0 radical (unpaired) electrons. The number of aromatic nitrogens is 3. The van der Waals surface area contributed by atoms with Crippen molar-refractivity contribution >= 4 is 22.8 Å². The van der Waals surface area contributed by atoms with Crippen LogP contribution in [-0.4, -0.2) is 39.5 Å². The quantitative estimate of drug-likeness (QED) is 0.564. The molecule has 156 valence electrons. The fraction of sp³-hybridized carbons (Fsp3) is 0.286. The van der Waals surface area contributed by atoms with Gasteiger partial charge in [0.1, 0.15) is 11.3 Å². The molecule has 0 aliphatic carbocycles. The van der Waals surface area contributed by atoms with E-state index >= 15 is 0 Å². The number of halogens is 1. The van der Waals surface area contributed by atoms with Gasteiger partial charge in [0.05, 0.1) is 18.4 Å². The number of ether oxygens (including phenoxy) is 1. The summed E-state index contributed by atoms with van der Waals surface area (Å²) in [6.45, 7) is 1.79. The number of hydrogen-bond acceptors (Lipinski definition) is 6. The zero-order valence-corrected chi connectivity index (χ0v) is 16.4. The van der Waals surface area contributed by atoms with Crippen molar-refractivity contribution in [3.8, 4) is 0 Å². The number of nitrogens with one attached hydrogen (secondary N) is 1. The van der Waals surface area contributed by atoms with Crippen molar-refractivity contribution in [2.24, 2.45) is 0 Å². The van der Waals surface area contributed by atoms with Crippen molar-refractivity contribution in [1.29, 1.82) is 0 Å². The van der Waals surface area contributed by atoms with E-state index in [2.05, 4.69) is 15.6 Å². The van der Waals surface area contributed by atoms with Crippen LogP contribution in [0.2, 0.25) is 0 Å². The summed E-state index contributed by atoms with van der Waals surface area (Å²) in [6, 6.07) is 12.8. The predicted octanol–water partition coefficient (Wildman–Crippen LogP) is 1.61. The lowest BCUT2D eigenvalue weighted by Gasteiger charge is -2.13. The summed E-state index contributed by atoms with van der Waals surface area (Å²) in [5.74, 6) is -1.38. The predicted molar refractivity (Wildman–Crippen MR) is 107 cm³/mol. The Bertz CT molecular complexity index is 1100. The molecule has 0 spiro atoms. The Labute approximate surface area is 171 Å². The van der Waals surface area contributed by atoms with Gasteiger partial charge in [-0.1, -0.05) is 29.5 Å². The summed E-state index contributed by atoms with van der Waals surface area (Å²) >= 11 is 0. The molecule has 1 atom stereocenters. The van der Waals surface area contributed by atoms with Gasteiger partial charge in [-0.2, -0.15) is 0 Å². The monoisotopic (exact) mass is 412 g/mol. The zero-order chi connectivity index (χ0) is 21.5. The van der Waals surface area contributed by atoms with Crippen LogP contribution in [0, 0.1) is 5.82 Å². The molecule has 0 aliphatic rings. The van der Waals surface area contributed by atoms with Crippen LogP contribution in [-0.2, 0) is 27.3 Å². The molecular weight excluding hydrogens is 391 g/mol. The van der Waals surface area contributed by atoms with E-state index in [9.17, 15) is 18.8 Å². The number of nitrogens with zero attached hydrogens (tertiary/aromatic N) is 3. The van der Waals surface area contributed by atoms with Crippen molar-refractivity contribution in [3.05, 3.63) is 70.3 Å². The molecule has 30 heavy (non-hydrogen) atoms. The minimum atomic E-state index is -0.981. The number of carbonyl (C=O) groups is 2. The van der Waals surface area contributed by atoms with E-state index in [4.69, 9.17) is 4.74 Å². The number of carbonyl (C=O) groups excluding carboxylic acids is 2. The van der Waals surface area contributed by atoms with Crippen molar-refractivity contribution in [2.45, 2.75) is 32.4 Å². The minimum absolute atomic E-state index is 0.00555. The first-order valence-electron chi connectivity index (χ1n) is 9.48. The second kappa shape index (κ2) is 9.73. The van der Waals surface area contributed by atoms with E-state index in [0.29, 0.717) is 23.9 Å². The first-order chi connectivity index (χ1) is 14.4. The molecular formula is C21H21FN4O4. The van der Waals surface area contributed by atoms with Crippen LogP contribution in [0.5, 0.6) is 0 Å². The summed E-state index contributed by atoms with van der Waals surface area (Å²) in [5, 5.41) is 10.8. The van der Waals surface area contributed by atoms with Crippen LogP contribution in [0.25, 0.3) is 10.9 Å². The highest BCUT2D eigenvalue weighted by atomic mass is 19.1. The molecule has 2 aromatic carbocycles. The molecule has 9 heteroatoms.